The molecule has 5 amide bonds. The van der Waals surface area contributed by atoms with Crippen LogP contribution in [0, 0.1) is 5.92 Å². The van der Waals surface area contributed by atoms with E-state index in [0.29, 0.717) is 32.2 Å². The van der Waals surface area contributed by atoms with Gasteiger partial charge in [0.1, 0.15) is 18.2 Å². The molecule has 2 aliphatic heterocycles. The van der Waals surface area contributed by atoms with Gasteiger partial charge in [-0.3, -0.25) is 25.3 Å². The summed E-state index contributed by atoms with van der Waals surface area (Å²) in [5, 5.41) is 4.17. The highest BCUT2D eigenvalue weighted by Gasteiger charge is 2.48. The van der Waals surface area contributed by atoms with E-state index in [4.69, 9.17) is 9.57 Å². The van der Waals surface area contributed by atoms with Crippen molar-refractivity contribution in [1.29, 1.82) is 0 Å². The summed E-state index contributed by atoms with van der Waals surface area (Å²) in [5.74, 6) is -0.607. The molecule has 11 nitrogen and oxygen atoms in total. The Bertz CT molecular complexity index is 975. The number of rotatable bonds is 7. The van der Waals surface area contributed by atoms with Crippen LogP contribution in [0.2, 0.25) is 0 Å². The first-order valence-corrected chi connectivity index (χ1v) is 12.4. The van der Waals surface area contributed by atoms with Gasteiger partial charge in [0.05, 0.1) is 6.04 Å². The van der Waals surface area contributed by atoms with Crippen molar-refractivity contribution < 1.29 is 28.8 Å². The van der Waals surface area contributed by atoms with Crippen LogP contribution in [0.15, 0.2) is 30.3 Å². The minimum Gasteiger partial charge on any atom is -0.444 e. The number of hydrogen-bond donors (Lipinski definition) is 3. The Balaban J connectivity index is 1.16. The molecule has 3 aliphatic rings. The monoisotopic (exact) mass is 501 g/mol. The van der Waals surface area contributed by atoms with E-state index in [2.05, 4.69) is 16.2 Å². The third-order valence-corrected chi connectivity index (χ3v) is 6.59. The molecule has 1 saturated carbocycles. The maximum atomic E-state index is 12.9. The smallest absolute Gasteiger partial charge is 0.407 e. The number of benzene rings is 1. The van der Waals surface area contributed by atoms with Gasteiger partial charge in [0.15, 0.2) is 0 Å². The number of carbonyl (C=O) groups excluding carboxylic acids is 4. The van der Waals surface area contributed by atoms with Gasteiger partial charge in [-0.05, 0) is 57.9 Å². The van der Waals surface area contributed by atoms with Gasteiger partial charge in [0.25, 0.3) is 5.91 Å². The largest absolute Gasteiger partial charge is 0.444 e. The highest BCUT2D eigenvalue weighted by Crippen LogP contribution is 2.31. The first kappa shape index (κ1) is 25.7. The molecule has 0 radical (unpaired) electrons. The number of urea groups is 1. The van der Waals surface area contributed by atoms with E-state index in [-0.39, 0.29) is 43.0 Å². The van der Waals surface area contributed by atoms with Crippen molar-refractivity contribution in [1.82, 2.24) is 26.1 Å². The summed E-state index contributed by atoms with van der Waals surface area (Å²) >= 11 is 0. The van der Waals surface area contributed by atoms with Crippen LogP contribution in [0.1, 0.15) is 58.4 Å². The zero-order valence-corrected chi connectivity index (χ0v) is 21.0. The summed E-state index contributed by atoms with van der Waals surface area (Å²) in [6.07, 6.45) is 2.25. The lowest BCUT2D eigenvalue weighted by Gasteiger charge is -2.36. The lowest BCUT2D eigenvalue weighted by molar-refractivity contribution is -0.140. The van der Waals surface area contributed by atoms with Gasteiger partial charge in [-0.15, -0.1) is 0 Å². The Morgan fingerprint density at radius 3 is 2.47 bits per heavy atom. The third-order valence-electron chi connectivity index (χ3n) is 6.59. The molecule has 11 heteroatoms. The Morgan fingerprint density at radius 2 is 1.78 bits per heavy atom. The van der Waals surface area contributed by atoms with Crippen molar-refractivity contribution in [2.75, 3.05) is 6.54 Å². The lowest BCUT2D eigenvalue weighted by Crippen LogP contribution is -2.54. The molecule has 2 atom stereocenters. The van der Waals surface area contributed by atoms with Gasteiger partial charge in [0, 0.05) is 19.0 Å². The molecule has 2 bridgehead atoms. The molecule has 3 N–H and O–H groups in total. The van der Waals surface area contributed by atoms with Crippen molar-refractivity contribution >= 4 is 23.9 Å². The molecule has 0 aromatic heterocycles. The second-order valence-electron chi connectivity index (χ2n) is 10.7. The van der Waals surface area contributed by atoms with Crippen LogP contribution in [0.4, 0.5) is 9.59 Å². The van der Waals surface area contributed by atoms with Crippen molar-refractivity contribution in [3.63, 3.8) is 0 Å². The number of nitrogens with one attached hydrogen (secondary N) is 3. The van der Waals surface area contributed by atoms with Crippen LogP contribution in [-0.4, -0.2) is 64.2 Å². The number of piperidine rings is 1. The van der Waals surface area contributed by atoms with Gasteiger partial charge < -0.3 is 15.0 Å². The summed E-state index contributed by atoms with van der Waals surface area (Å²) < 4.78 is 5.24. The molecule has 4 rings (SSSR count). The van der Waals surface area contributed by atoms with Crippen LogP contribution in [0.25, 0.3) is 0 Å². The molecule has 0 spiro atoms. The minimum atomic E-state index is -0.662. The fraction of sp³-hybridized carbons (Fsp3) is 0.600. The Hall–Kier alpha value is -3.34. The normalized spacial score (nSPS) is 25.1. The molecule has 36 heavy (non-hydrogen) atoms. The molecule has 0 unspecified atom stereocenters. The van der Waals surface area contributed by atoms with E-state index < -0.39 is 23.6 Å². The van der Waals surface area contributed by atoms with Gasteiger partial charge >= 0.3 is 12.1 Å². The number of fused-ring (bicyclic) bond motifs is 2. The molecule has 1 aliphatic carbocycles. The highest BCUT2D eigenvalue weighted by atomic mass is 16.7. The molecule has 2 heterocycles. The minimum absolute atomic E-state index is 0.0179. The number of hydroxylamine groups is 2. The number of amides is 5. The highest BCUT2D eigenvalue weighted by molar-refractivity contribution is 5.90. The van der Waals surface area contributed by atoms with Gasteiger partial charge in [-0.2, -0.15) is 5.06 Å². The topological polar surface area (TPSA) is 129 Å². The first-order valence-electron chi connectivity index (χ1n) is 12.4. The second kappa shape index (κ2) is 10.7. The number of hydrazine groups is 1. The molecular formula is C25H35N5O6. The Kier molecular flexibility index (Phi) is 7.67. The van der Waals surface area contributed by atoms with Crippen LogP contribution in [0.5, 0.6) is 0 Å². The molecular weight excluding hydrogens is 466 g/mol. The summed E-state index contributed by atoms with van der Waals surface area (Å²) in [6, 6.07) is 8.47. The van der Waals surface area contributed by atoms with E-state index in [9.17, 15) is 19.2 Å². The fourth-order valence-corrected chi connectivity index (χ4v) is 4.81. The summed E-state index contributed by atoms with van der Waals surface area (Å²) in [5.41, 5.74) is 5.33. The third kappa shape index (κ3) is 6.45. The van der Waals surface area contributed by atoms with Crippen LogP contribution in [0.3, 0.4) is 0 Å². The molecule has 196 valence electrons. The predicted molar refractivity (Wildman–Crippen MR) is 129 cm³/mol. The molecule has 2 saturated heterocycles. The molecule has 3 fully saturated rings. The maximum absolute atomic E-state index is 12.9. The number of carbonyl (C=O) groups is 4. The Labute approximate surface area is 210 Å². The quantitative estimate of drug-likeness (QED) is 0.492. The lowest BCUT2D eigenvalue weighted by atomic mass is 9.78. The number of ether oxygens (including phenoxy) is 1. The van der Waals surface area contributed by atoms with E-state index in [1.165, 1.54) is 9.96 Å². The van der Waals surface area contributed by atoms with Gasteiger partial charge in [-0.1, -0.05) is 30.3 Å². The standard InChI is InChI=1S/C25H35N5O6/c1-25(2,3)36-23(33)26-18-11-17(12-18)13-21(31)27-28-22(32)20-10-9-19-14-29(20)24(34)30(19)35-15-16-7-5-4-6-8-16/h4-8,17-20H,9-15H2,1-3H3,(H,26,33)(H,27,31)(H,28,32)/t17?,18?,19-,20+/m1/s1. The number of hydrogen-bond acceptors (Lipinski definition) is 6. The average molecular weight is 502 g/mol. The van der Waals surface area contributed by atoms with E-state index in [1.54, 1.807) is 20.8 Å². The fourth-order valence-electron chi connectivity index (χ4n) is 4.81. The van der Waals surface area contributed by atoms with Crippen molar-refractivity contribution in [3.05, 3.63) is 35.9 Å². The first-order chi connectivity index (χ1) is 17.1. The summed E-state index contributed by atoms with van der Waals surface area (Å²) in [7, 11) is 0. The SMILES string of the molecule is CC(C)(C)OC(=O)NC1CC(CC(=O)NNC(=O)[C@@H]2CC[C@@H]3CN2C(=O)N3OCc2ccccc2)C1. The number of nitrogens with zero attached hydrogens (tertiary/aromatic N) is 2. The van der Waals surface area contributed by atoms with Crippen LogP contribution in [-0.2, 0) is 25.8 Å². The zero-order valence-electron chi connectivity index (χ0n) is 21.0. The van der Waals surface area contributed by atoms with Crippen molar-refractivity contribution in [2.24, 2.45) is 5.92 Å². The van der Waals surface area contributed by atoms with Crippen LogP contribution < -0.4 is 16.2 Å². The van der Waals surface area contributed by atoms with Gasteiger partial charge in [0.2, 0.25) is 5.91 Å². The molecule has 1 aromatic rings. The average Bonchev–Trinajstić information content (AvgIpc) is 3.03. The maximum Gasteiger partial charge on any atom is 0.407 e. The van der Waals surface area contributed by atoms with E-state index in [1.807, 2.05) is 30.3 Å². The van der Waals surface area contributed by atoms with E-state index in [0.717, 1.165) is 5.56 Å². The summed E-state index contributed by atoms with van der Waals surface area (Å²) in [4.78, 5) is 57.0. The van der Waals surface area contributed by atoms with Crippen molar-refractivity contribution in [3.8, 4) is 0 Å². The predicted octanol–water partition coefficient (Wildman–Crippen LogP) is 2.23. The van der Waals surface area contributed by atoms with Crippen LogP contribution >= 0.6 is 0 Å². The second-order valence-corrected chi connectivity index (χ2v) is 10.7. The summed E-state index contributed by atoms with van der Waals surface area (Å²) in [6.45, 7) is 6.09. The van der Waals surface area contributed by atoms with E-state index >= 15 is 0 Å². The molecule has 1 aromatic carbocycles. The number of alkyl carbamates (subject to hydrolysis) is 1. The zero-order chi connectivity index (χ0) is 25.9. The van der Waals surface area contributed by atoms with Gasteiger partial charge in [-0.25, -0.2) is 9.59 Å². The van der Waals surface area contributed by atoms with Crippen molar-refractivity contribution in [2.45, 2.75) is 83.2 Å². The Morgan fingerprint density at radius 1 is 1.06 bits per heavy atom.